The number of anilines is 3. The van der Waals surface area contributed by atoms with Gasteiger partial charge in [0.1, 0.15) is 0 Å². The molecule has 0 bridgehead atoms. The molecule has 0 spiro atoms. The Labute approximate surface area is 264 Å². The van der Waals surface area contributed by atoms with Gasteiger partial charge in [0.15, 0.2) is 11.6 Å². The van der Waals surface area contributed by atoms with E-state index in [9.17, 15) is 9.59 Å². The molecule has 0 saturated heterocycles. The number of benzene rings is 6. The van der Waals surface area contributed by atoms with Gasteiger partial charge in [0.05, 0.1) is 21.9 Å². The van der Waals surface area contributed by atoms with Crippen LogP contribution in [-0.2, 0) is 5.41 Å². The number of thiophene rings is 1. The first-order chi connectivity index (χ1) is 21.9. The molecule has 7 aromatic rings. The van der Waals surface area contributed by atoms with E-state index in [-0.39, 0.29) is 22.6 Å². The van der Waals surface area contributed by atoms with Gasteiger partial charge in [-0.2, -0.15) is 0 Å². The molecule has 4 heteroatoms. The molecule has 2 heterocycles. The van der Waals surface area contributed by atoms with E-state index in [1.807, 2.05) is 42.5 Å². The lowest BCUT2D eigenvalue weighted by atomic mass is 9.71. The van der Waals surface area contributed by atoms with Crippen molar-refractivity contribution < 1.29 is 9.59 Å². The third kappa shape index (κ3) is 3.76. The molecule has 45 heavy (non-hydrogen) atoms. The number of fused-ring (bicyclic) bond motifs is 7. The molecular weight excluding hydrogens is 571 g/mol. The van der Waals surface area contributed by atoms with Crippen LogP contribution in [0.5, 0.6) is 0 Å². The third-order valence-corrected chi connectivity index (χ3v) is 10.4. The van der Waals surface area contributed by atoms with E-state index in [4.69, 9.17) is 0 Å². The Morgan fingerprint density at radius 1 is 0.622 bits per heavy atom. The van der Waals surface area contributed by atoms with Crippen molar-refractivity contribution in [1.82, 2.24) is 0 Å². The van der Waals surface area contributed by atoms with Crippen molar-refractivity contribution in [3.05, 3.63) is 154 Å². The highest BCUT2D eigenvalue weighted by molar-refractivity contribution is 7.14. The van der Waals surface area contributed by atoms with E-state index in [2.05, 4.69) is 96.9 Å². The van der Waals surface area contributed by atoms with Crippen LogP contribution in [-0.4, -0.2) is 11.6 Å². The van der Waals surface area contributed by atoms with E-state index >= 15 is 0 Å². The highest BCUT2D eigenvalue weighted by Crippen LogP contribution is 2.55. The molecule has 0 unspecified atom stereocenters. The molecule has 9 rings (SSSR count). The van der Waals surface area contributed by atoms with Gasteiger partial charge >= 0.3 is 0 Å². The predicted octanol–water partition coefficient (Wildman–Crippen LogP) is 10.8. The Hall–Kier alpha value is -5.32. The van der Waals surface area contributed by atoms with Crippen LogP contribution >= 0.6 is 11.3 Å². The summed E-state index contributed by atoms with van der Waals surface area (Å²) in [7, 11) is 0. The second kappa shape index (κ2) is 9.34. The smallest absolute Gasteiger partial charge is 0.197 e. The molecule has 214 valence electrons. The second-order valence-corrected chi connectivity index (χ2v) is 13.5. The van der Waals surface area contributed by atoms with Gasteiger partial charge in [-0.1, -0.05) is 80.6 Å². The maximum Gasteiger partial charge on any atom is 0.197 e. The van der Waals surface area contributed by atoms with E-state index in [1.54, 1.807) is 17.4 Å². The molecule has 6 aromatic carbocycles. The SMILES string of the molecule is CC1(C)c2cc3ccccc3cc2N(c2cccs2)c2ccc3cc(C=C4C(=O)c5cc6ccccc6cc5C4=O)ccc3c21. The molecule has 1 aliphatic heterocycles. The maximum absolute atomic E-state index is 13.5. The number of nitrogens with zero attached hydrogens (tertiary/aromatic N) is 1. The molecule has 0 fully saturated rings. The summed E-state index contributed by atoms with van der Waals surface area (Å²) in [5.41, 5.74) is 6.70. The first kappa shape index (κ1) is 26.1. The monoisotopic (exact) mass is 597 g/mol. The van der Waals surface area contributed by atoms with Crippen LogP contribution in [0.15, 0.2) is 126 Å². The average molecular weight is 598 g/mol. The van der Waals surface area contributed by atoms with E-state index in [0.717, 1.165) is 21.7 Å². The van der Waals surface area contributed by atoms with Gasteiger partial charge < -0.3 is 4.90 Å². The summed E-state index contributed by atoms with van der Waals surface area (Å²) in [6.07, 6.45) is 1.76. The molecule has 0 atom stereocenters. The molecule has 3 nitrogen and oxygen atoms in total. The molecule has 1 aliphatic carbocycles. The topological polar surface area (TPSA) is 37.4 Å². The lowest BCUT2D eigenvalue weighted by Gasteiger charge is -2.42. The van der Waals surface area contributed by atoms with Crippen LogP contribution in [0.1, 0.15) is 51.3 Å². The summed E-state index contributed by atoms with van der Waals surface area (Å²) in [5, 5.41) is 9.92. The standard InChI is InChI=1S/C41H27NO2S/c1-41(2)34-22-27-10-5-6-11-28(27)23-36(34)42(37-12-7-17-45-37)35-16-14-29-18-24(13-15-30(29)38(35)41)19-33-39(43)31-20-25-8-3-4-9-26(25)21-32(31)40(33)44/h3-23H,1-2H3. The summed E-state index contributed by atoms with van der Waals surface area (Å²) >= 11 is 1.74. The summed E-state index contributed by atoms with van der Waals surface area (Å²) in [6, 6.07) is 39.8. The summed E-state index contributed by atoms with van der Waals surface area (Å²) in [4.78, 5) is 29.3. The van der Waals surface area contributed by atoms with Gasteiger partial charge in [-0.05, 0) is 109 Å². The minimum absolute atomic E-state index is 0.206. The minimum atomic E-state index is -0.275. The van der Waals surface area contributed by atoms with Gasteiger partial charge in [-0.3, -0.25) is 9.59 Å². The second-order valence-electron chi connectivity index (χ2n) is 12.5. The van der Waals surface area contributed by atoms with Gasteiger partial charge in [0.25, 0.3) is 0 Å². The van der Waals surface area contributed by atoms with Crippen LogP contribution < -0.4 is 4.90 Å². The number of ketones is 2. The Morgan fingerprint density at radius 3 is 1.91 bits per heavy atom. The normalized spacial score (nSPS) is 15.1. The van der Waals surface area contributed by atoms with Crippen LogP contribution in [0.2, 0.25) is 0 Å². The minimum Gasteiger partial charge on any atom is -0.301 e. The first-order valence-electron chi connectivity index (χ1n) is 15.2. The fourth-order valence-electron chi connectivity index (χ4n) is 7.39. The molecule has 0 saturated carbocycles. The van der Waals surface area contributed by atoms with Crippen LogP contribution in [0.25, 0.3) is 38.4 Å². The van der Waals surface area contributed by atoms with E-state index in [1.165, 1.54) is 43.7 Å². The van der Waals surface area contributed by atoms with Gasteiger partial charge in [0.2, 0.25) is 0 Å². The largest absolute Gasteiger partial charge is 0.301 e. The molecule has 0 amide bonds. The number of allylic oxidation sites excluding steroid dienone is 1. The van der Waals surface area contributed by atoms with E-state index < -0.39 is 0 Å². The Kier molecular flexibility index (Phi) is 5.42. The summed E-state index contributed by atoms with van der Waals surface area (Å²) in [6.45, 7) is 4.63. The van der Waals surface area contributed by atoms with Gasteiger partial charge in [-0.15, -0.1) is 11.3 Å². The van der Waals surface area contributed by atoms with E-state index in [0.29, 0.717) is 11.1 Å². The predicted molar refractivity (Wildman–Crippen MR) is 187 cm³/mol. The summed E-state index contributed by atoms with van der Waals surface area (Å²) in [5.74, 6) is -0.411. The fraction of sp³-hybridized carbons (Fsp3) is 0.0732. The maximum atomic E-state index is 13.5. The quantitative estimate of drug-likeness (QED) is 0.147. The van der Waals surface area contributed by atoms with Gasteiger partial charge in [0, 0.05) is 16.5 Å². The molecule has 0 N–H and O–H groups in total. The highest BCUT2D eigenvalue weighted by Gasteiger charge is 2.39. The van der Waals surface area contributed by atoms with Crippen LogP contribution in [0.4, 0.5) is 16.4 Å². The van der Waals surface area contributed by atoms with Crippen molar-refractivity contribution in [3.8, 4) is 0 Å². The molecule has 1 aromatic heterocycles. The zero-order chi connectivity index (χ0) is 30.4. The summed E-state index contributed by atoms with van der Waals surface area (Å²) < 4.78 is 0. The number of carbonyl (C=O) groups excluding carboxylic acids is 2. The van der Waals surface area contributed by atoms with Gasteiger partial charge in [-0.25, -0.2) is 0 Å². The average Bonchev–Trinajstić information content (AvgIpc) is 3.66. The third-order valence-electron chi connectivity index (χ3n) is 9.57. The number of rotatable bonds is 2. The molecular formula is C41H27NO2S. The van der Waals surface area contributed by atoms with Crippen molar-refractivity contribution in [2.24, 2.45) is 0 Å². The first-order valence-corrected chi connectivity index (χ1v) is 16.0. The Morgan fingerprint density at radius 2 is 1.27 bits per heavy atom. The lowest BCUT2D eigenvalue weighted by molar-refractivity contribution is 0.0990. The Balaban J connectivity index is 1.20. The Bertz CT molecular complexity index is 2390. The zero-order valence-electron chi connectivity index (χ0n) is 24.8. The van der Waals surface area contributed by atoms with Crippen molar-refractivity contribution in [2.45, 2.75) is 19.3 Å². The van der Waals surface area contributed by atoms with Crippen molar-refractivity contribution >= 4 is 77.7 Å². The van der Waals surface area contributed by atoms with Crippen molar-refractivity contribution in [3.63, 3.8) is 0 Å². The van der Waals surface area contributed by atoms with Crippen molar-refractivity contribution in [2.75, 3.05) is 4.90 Å². The fourth-order valence-corrected chi connectivity index (χ4v) is 8.15. The number of hydrogen-bond donors (Lipinski definition) is 0. The number of carbonyl (C=O) groups is 2. The zero-order valence-corrected chi connectivity index (χ0v) is 25.6. The number of Topliss-reactive ketones (excluding diaryl/α,β-unsaturated/α-hetero) is 2. The molecule has 2 aliphatic rings. The van der Waals surface area contributed by atoms with Crippen LogP contribution in [0, 0.1) is 0 Å². The van der Waals surface area contributed by atoms with Crippen molar-refractivity contribution in [1.29, 1.82) is 0 Å². The number of hydrogen-bond acceptors (Lipinski definition) is 4. The van der Waals surface area contributed by atoms with Crippen LogP contribution in [0.3, 0.4) is 0 Å². The molecule has 0 radical (unpaired) electrons. The lowest BCUT2D eigenvalue weighted by Crippen LogP contribution is -2.30. The highest BCUT2D eigenvalue weighted by atomic mass is 32.1.